The molecule has 0 unspecified atom stereocenters. The molecular weight excluding hydrogens is 299 g/mol. The molecule has 0 saturated carbocycles. The van der Waals surface area contributed by atoms with E-state index < -0.39 is 35.8 Å². The maximum absolute atomic E-state index is 13.4. The van der Waals surface area contributed by atoms with Crippen molar-refractivity contribution in [3.8, 4) is 0 Å². The molecule has 8 heteroatoms. The van der Waals surface area contributed by atoms with Crippen LogP contribution in [0.3, 0.4) is 0 Å². The van der Waals surface area contributed by atoms with Crippen LogP contribution in [0.25, 0.3) is 0 Å². The molecule has 0 fully saturated rings. The summed E-state index contributed by atoms with van der Waals surface area (Å²) in [6, 6.07) is 3.42. The van der Waals surface area contributed by atoms with E-state index in [1.54, 1.807) is 0 Å². The summed E-state index contributed by atoms with van der Waals surface area (Å²) in [4.78, 5) is 22.3. The van der Waals surface area contributed by atoms with Gasteiger partial charge in [-0.15, -0.1) is 0 Å². The van der Waals surface area contributed by atoms with Crippen LogP contribution in [0.2, 0.25) is 0 Å². The van der Waals surface area contributed by atoms with E-state index in [9.17, 15) is 31.5 Å². The molecule has 0 atom stereocenters. The van der Waals surface area contributed by atoms with Gasteiger partial charge in [0.2, 0.25) is 5.78 Å². The summed E-state index contributed by atoms with van der Waals surface area (Å²) >= 11 is 0. The first kappa shape index (κ1) is 17.1. The van der Waals surface area contributed by atoms with Gasteiger partial charge in [-0.3, -0.25) is 4.79 Å². The van der Waals surface area contributed by atoms with Crippen molar-refractivity contribution in [3.05, 3.63) is 35.4 Å². The van der Waals surface area contributed by atoms with Gasteiger partial charge in [0.15, 0.2) is 0 Å². The Hall–Kier alpha value is -1.99. The molecule has 0 aliphatic heterocycles. The van der Waals surface area contributed by atoms with E-state index in [0.29, 0.717) is 6.07 Å². The second-order valence-electron chi connectivity index (χ2n) is 4.09. The van der Waals surface area contributed by atoms with Crippen molar-refractivity contribution in [3.63, 3.8) is 0 Å². The fraction of sp³-hybridized carbons (Fsp3) is 0.385. The molecule has 21 heavy (non-hydrogen) atoms. The number of hydrogen-bond acceptors (Lipinski definition) is 3. The number of hydrogen-bond donors (Lipinski definition) is 0. The van der Waals surface area contributed by atoms with Gasteiger partial charge in [-0.25, -0.2) is 4.79 Å². The van der Waals surface area contributed by atoms with Crippen molar-refractivity contribution in [2.45, 2.75) is 25.4 Å². The largest absolute Gasteiger partial charge is 0.461 e. The lowest BCUT2D eigenvalue weighted by atomic mass is 10.0. The van der Waals surface area contributed by atoms with Crippen molar-refractivity contribution in [1.29, 1.82) is 0 Å². The molecule has 0 aromatic heterocycles. The van der Waals surface area contributed by atoms with Crippen LogP contribution >= 0.6 is 0 Å². The fourth-order valence-corrected chi connectivity index (χ4v) is 1.49. The highest BCUT2D eigenvalue weighted by molar-refractivity contribution is 6.06. The van der Waals surface area contributed by atoms with Crippen LogP contribution in [0.1, 0.15) is 18.1 Å². The lowest BCUT2D eigenvalue weighted by Gasteiger charge is -2.14. The summed E-state index contributed by atoms with van der Waals surface area (Å²) in [7, 11) is 0. The molecule has 0 radical (unpaired) electrons. The summed E-state index contributed by atoms with van der Waals surface area (Å²) < 4.78 is 68.2. The minimum absolute atomic E-state index is 0.265. The third kappa shape index (κ3) is 4.24. The zero-order chi connectivity index (χ0) is 16.3. The van der Waals surface area contributed by atoms with E-state index in [-0.39, 0.29) is 12.2 Å². The van der Waals surface area contributed by atoms with E-state index in [0.717, 1.165) is 18.2 Å². The van der Waals surface area contributed by atoms with Gasteiger partial charge >= 0.3 is 18.1 Å². The Balaban J connectivity index is 2.91. The Labute approximate surface area is 116 Å². The third-order valence-electron chi connectivity index (χ3n) is 2.50. The summed E-state index contributed by atoms with van der Waals surface area (Å²) in [5.74, 6) is -8.22. The highest BCUT2D eigenvalue weighted by atomic mass is 19.4. The molecule has 0 heterocycles. The van der Waals surface area contributed by atoms with Crippen molar-refractivity contribution in [2.24, 2.45) is 0 Å². The van der Waals surface area contributed by atoms with Gasteiger partial charge in [0.1, 0.15) is 0 Å². The Bertz CT molecular complexity index is 537. The molecule has 1 aromatic carbocycles. The number of benzene rings is 1. The molecule has 0 aliphatic rings. The molecule has 0 spiro atoms. The van der Waals surface area contributed by atoms with Gasteiger partial charge in [0, 0.05) is 6.42 Å². The van der Waals surface area contributed by atoms with E-state index in [4.69, 9.17) is 0 Å². The smallest absolute Gasteiger partial charge is 0.416 e. The number of halogens is 5. The molecule has 116 valence electrons. The van der Waals surface area contributed by atoms with Gasteiger partial charge < -0.3 is 4.74 Å². The SMILES string of the molecule is CCOC(=O)C(F)(F)C(=O)Cc1cccc(C(F)(F)F)c1. The van der Waals surface area contributed by atoms with Crippen LogP contribution < -0.4 is 0 Å². The van der Waals surface area contributed by atoms with Crippen molar-refractivity contribution >= 4 is 11.8 Å². The molecule has 0 amide bonds. The predicted octanol–water partition coefficient (Wildman–Crippen LogP) is 3.02. The van der Waals surface area contributed by atoms with Gasteiger partial charge in [-0.2, -0.15) is 22.0 Å². The molecule has 1 aromatic rings. The Morgan fingerprint density at radius 3 is 2.29 bits per heavy atom. The molecule has 3 nitrogen and oxygen atoms in total. The van der Waals surface area contributed by atoms with Gasteiger partial charge in [-0.05, 0) is 18.6 Å². The summed E-state index contributed by atoms with van der Waals surface area (Å²) in [6.07, 6.45) is -5.65. The summed E-state index contributed by atoms with van der Waals surface area (Å²) in [6.45, 7) is 0.941. The highest BCUT2D eigenvalue weighted by Crippen LogP contribution is 2.30. The monoisotopic (exact) mass is 310 g/mol. The van der Waals surface area contributed by atoms with Crippen LogP contribution in [0.4, 0.5) is 22.0 Å². The molecule has 0 saturated heterocycles. The molecule has 1 rings (SSSR count). The minimum Gasteiger partial charge on any atom is -0.461 e. The van der Waals surface area contributed by atoms with E-state index in [1.165, 1.54) is 6.92 Å². The number of esters is 1. The predicted molar refractivity (Wildman–Crippen MR) is 61.7 cm³/mol. The average molecular weight is 310 g/mol. The van der Waals surface area contributed by atoms with Gasteiger partial charge in [0.25, 0.3) is 0 Å². The number of carbonyl (C=O) groups is 2. The van der Waals surface area contributed by atoms with Crippen molar-refractivity contribution in [1.82, 2.24) is 0 Å². The van der Waals surface area contributed by atoms with E-state index >= 15 is 0 Å². The third-order valence-corrected chi connectivity index (χ3v) is 2.50. The molecule has 0 aliphatic carbocycles. The topological polar surface area (TPSA) is 43.4 Å². The molecule has 0 N–H and O–H groups in total. The second-order valence-corrected chi connectivity index (χ2v) is 4.09. The average Bonchev–Trinajstić information content (AvgIpc) is 2.38. The fourth-order valence-electron chi connectivity index (χ4n) is 1.49. The Kier molecular flexibility index (Phi) is 5.03. The second kappa shape index (κ2) is 6.19. The minimum atomic E-state index is -4.65. The van der Waals surface area contributed by atoms with Crippen LogP contribution in [-0.4, -0.2) is 24.3 Å². The van der Waals surface area contributed by atoms with Gasteiger partial charge in [-0.1, -0.05) is 18.2 Å². The highest BCUT2D eigenvalue weighted by Gasteiger charge is 2.48. The maximum atomic E-state index is 13.4. The molecule has 0 bridgehead atoms. The zero-order valence-corrected chi connectivity index (χ0v) is 10.8. The quantitative estimate of drug-likeness (QED) is 0.477. The van der Waals surface area contributed by atoms with E-state index in [1.807, 2.05) is 0 Å². The first-order valence-corrected chi connectivity index (χ1v) is 5.83. The normalized spacial score (nSPS) is 12.1. The number of alkyl halides is 5. The van der Waals surface area contributed by atoms with Crippen LogP contribution in [0.15, 0.2) is 24.3 Å². The van der Waals surface area contributed by atoms with Crippen LogP contribution in [0.5, 0.6) is 0 Å². The number of carbonyl (C=O) groups excluding carboxylic acids is 2. The first-order chi connectivity index (χ1) is 9.59. The van der Waals surface area contributed by atoms with Crippen LogP contribution in [-0.2, 0) is 26.9 Å². The Morgan fingerprint density at radius 1 is 1.14 bits per heavy atom. The lowest BCUT2D eigenvalue weighted by Crippen LogP contribution is -2.40. The zero-order valence-electron chi connectivity index (χ0n) is 10.8. The number of ketones is 1. The number of ether oxygens (including phenoxy) is 1. The van der Waals surface area contributed by atoms with Crippen LogP contribution in [0, 0.1) is 0 Å². The van der Waals surface area contributed by atoms with Crippen molar-refractivity contribution < 1.29 is 36.3 Å². The maximum Gasteiger partial charge on any atom is 0.416 e. The van der Waals surface area contributed by atoms with Gasteiger partial charge in [0.05, 0.1) is 12.2 Å². The first-order valence-electron chi connectivity index (χ1n) is 5.83. The lowest BCUT2D eigenvalue weighted by molar-refractivity contribution is -0.176. The number of rotatable bonds is 5. The Morgan fingerprint density at radius 2 is 1.76 bits per heavy atom. The molecular formula is C13H11F5O3. The summed E-state index contributed by atoms with van der Waals surface area (Å²) in [5, 5.41) is 0. The van der Waals surface area contributed by atoms with Crippen molar-refractivity contribution in [2.75, 3.05) is 6.61 Å². The number of Topliss-reactive ketones (excluding diaryl/α,β-unsaturated/α-hetero) is 1. The van der Waals surface area contributed by atoms with E-state index in [2.05, 4.69) is 4.74 Å². The standard InChI is InChI=1S/C13H11F5O3/c1-2-21-11(20)12(14,15)10(19)7-8-4-3-5-9(6-8)13(16,17)18/h3-6H,2,7H2,1H3. The summed E-state index contributed by atoms with van der Waals surface area (Å²) in [5.41, 5.74) is -1.33.